The zero-order valence-electron chi connectivity index (χ0n) is 14.8. The van der Waals surface area contributed by atoms with E-state index in [1.54, 1.807) is 6.08 Å². The number of aliphatic hydroxyl groups is 1. The van der Waals surface area contributed by atoms with Crippen LogP contribution in [0.5, 0.6) is 0 Å². The number of hydrogen-bond acceptors (Lipinski definition) is 3. The molecule has 4 heteroatoms. The summed E-state index contributed by atoms with van der Waals surface area (Å²) < 4.78 is 5.48. The average molecular weight is 336 g/mol. The van der Waals surface area contributed by atoms with E-state index in [4.69, 9.17) is 9.84 Å². The molecule has 0 aliphatic carbocycles. The zero-order chi connectivity index (χ0) is 17.6. The maximum atomic E-state index is 10.4. The highest BCUT2D eigenvalue weighted by Gasteiger charge is 2.42. The number of carbonyl (C=O) groups is 1. The molecule has 1 fully saturated rings. The first-order valence-electron chi connectivity index (χ1n) is 9.17. The first-order chi connectivity index (χ1) is 11.6. The summed E-state index contributed by atoms with van der Waals surface area (Å²) in [6.45, 7) is 2.21. The standard InChI is InChI=1S/C20H32O4/c1-2-3-4-5-6-7-8-9-12-15-18-20(24-18)17(21)14-11-10-13-16-19(22)23/h6-7,9,11-12,14,17-18,20-21H,2-5,8,10,13,15-16H2,1H3,(H,22,23)/b7-6-,12-9-,14-11-/t17-,18-,20-/m0/s1. The third-order valence-corrected chi connectivity index (χ3v) is 4.00. The molecule has 1 saturated heterocycles. The summed E-state index contributed by atoms with van der Waals surface area (Å²) in [5, 5.41) is 18.5. The van der Waals surface area contributed by atoms with Crippen molar-refractivity contribution in [1.82, 2.24) is 0 Å². The van der Waals surface area contributed by atoms with Crippen LogP contribution in [-0.2, 0) is 9.53 Å². The van der Waals surface area contributed by atoms with Gasteiger partial charge < -0.3 is 14.9 Å². The molecule has 0 spiro atoms. The van der Waals surface area contributed by atoms with Crippen molar-refractivity contribution in [3.05, 3.63) is 36.5 Å². The van der Waals surface area contributed by atoms with Crippen molar-refractivity contribution in [2.75, 3.05) is 0 Å². The Balaban J connectivity index is 2.03. The molecular weight excluding hydrogens is 304 g/mol. The molecule has 1 heterocycles. The number of allylic oxidation sites excluding steroid dienone is 4. The molecule has 24 heavy (non-hydrogen) atoms. The fraction of sp³-hybridized carbons (Fsp3) is 0.650. The van der Waals surface area contributed by atoms with E-state index >= 15 is 0 Å². The van der Waals surface area contributed by atoms with Crippen LogP contribution in [0.1, 0.15) is 64.7 Å². The topological polar surface area (TPSA) is 70.1 Å². The van der Waals surface area contributed by atoms with Crippen LogP contribution in [0, 0.1) is 0 Å². The quantitative estimate of drug-likeness (QED) is 0.280. The van der Waals surface area contributed by atoms with Crippen molar-refractivity contribution < 1.29 is 19.7 Å². The molecule has 1 rings (SSSR count). The van der Waals surface area contributed by atoms with E-state index in [9.17, 15) is 9.90 Å². The number of aliphatic hydroxyl groups excluding tert-OH is 1. The van der Waals surface area contributed by atoms with E-state index in [1.165, 1.54) is 25.7 Å². The van der Waals surface area contributed by atoms with Crippen LogP contribution >= 0.6 is 0 Å². The number of aliphatic carboxylic acids is 1. The lowest BCUT2D eigenvalue weighted by Gasteiger charge is -1.99. The average Bonchev–Trinajstić information content (AvgIpc) is 3.32. The maximum Gasteiger partial charge on any atom is 0.303 e. The lowest BCUT2D eigenvalue weighted by atomic mass is 10.1. The van der Waals surface area contributed by atoms with E-state index in [0.29, 0.717) is 12.8 Å². The van der Waals surface area contributed by atoms with Crippen LogP contribution in [0.3, 0.4) is 0 Å². The minimum atomic E-state index is -0.780. The summed E-state index contributed by atoms with van der Waals surface area (Å²) >= 11 is 0. The highest BCUT2D eigenvalue weighted by Crippen LogP contribution is 2.29. The Hall–Kier alpha value is -1.39. The van der Waals surface area contributed by atoms with Gasteiger partial charge >= 0.3 is 5.97 Å². The normalized spacial score (nSPS) is 21.9. The molecule has 0 bridgehead atoms. The van der Waals surface area contributed by atoms with Crippen LogP contribution in [0.25, 0.3) is 0 Å². The summed E-state index contributed by atoms with van der Waals surface area (Å²) in [6, 6.07) is 0. The van der Waals surface area contributed by atoms with E-state index in [-0.39, 0.29) is 18.6 Å². The molecule has 136 valence electrons. The van der Waals surface area contributed by atoms with Crippen LogP contribution in [-0.4, -0.2) is 34.5 Å². The molecule has 0 aromatic carbocycles. The van der Waals surface area contributed by atoms with Gasteiger partial charge in [0.2, 0.25) is 0 Å². The van der Waals surface area contributed by atoms with E-state index in [2.05, 4.69) is 31.2 Å². The van der Waals surface area contributed by atoms with E-state index in [1.807, 2.05) is 6.08 Å². The molecule has 0 radical (unpaired) electrons. The van der Waals surface area contributed by atoms with Crippen molar-refractivity contribution in [3.63, 3.8) is 0 Å². The summed E-state index contributed by atoms with van der Waals surface area (Å²) in [5.41, 5.74) is 0. The van der Waals surface area contributed by atoms with Gasteiger partial charge in [0, 0.05) is 6.42 Å². The Morgan fingerprint density at radius 3 is 2.58 bits per heavy atom. The van der Waals surface area contributed by atoms with Gasteiger partial charge in [0.25, 0.3) is 0 Å². The van der Waals surface area contributed by atoms with Gasteiger partial charge in [-0.25, -0.2) is 0 Å². The molecule has 1 aliphatic heterocycles. The Kier molecular flexibility index (Phi) is 11.2. The van der Waals surface area contributed by atoms with E-state index < -0.39 is 12.1 Å². The number of unbranched alkanes of at least 4 members (excludes halogenated alkanes) is 4. The largest absolute Gasteiger partial charge is 0.481 e. The monoisotopic (exact) mass is 336 g/mol. The molecule has 0 amide bonds. The number of ether oxygens (including phenoxy) is 1. The van der Waals surface area contributed by atoms with Gasteiger partial charge in [-0.3, -0.25) is 4.79 Å². The third kappa shape index (κ3) is 10.4. The highest BCUT2D eigenvalue weighted by molar-refractivity contribution is 5.66. The number of rotatable bonds is 14. The number of carboxylic acids is 1. The number of hydrogen-bond donors (Lipinski definition) is 2. The van der Waals surface area contributed by atoms with Crippen LogP contribution in [0.4, 0.5) is 0 Å². The van der Waals surface area contributed by atoms with Crippen LogP contribution in [0.15, 0.2) is 36.5 Å². The van der Waals surface area contributed by atoms with Crippen molar-refractivity contribution in [3.8, 4) is 0 Å². The van der Waals surface area contributed by atoms with Gasteiger partial charge in [-0.1, -0.05) is 56.2 Å². The van der Waals surface area contributed by atoms with E-state index in [0.717, 1.165) is 12.8 Å². The maximum absolute atomic E-state index is 10.4. The Morgan fingerprint density at radius 1 is 1.08 bits per heavy atom. The Morgan fingerprint density at radius 2 is 1.83 bits per heavy atom. The summed E-state index contributed by atoms with van der Waals surface area (Å²) in [4.78, 5) is 10.4. The van der Waals surface area contributed by atoms with Gasteiger partial charge in [0.15, 0.2) is 0 Å². The second kappa shape index (κ2) is 13.0. The second-order valence-electron chi connectivity index (χ2n) is 6.25. The van der Waals surface area contributed by atoms with Gasteiger partial charge in [0.05, 0.1) is 6.10 Å². The minimum absolute atomic E-state index is 0.105. The second-order valence-corrected chi connectivity index (χ2v) is 6.25. The molecule has 0 saturated carbocycles. The summed E-state index contributed by atoms with van der Waals surface area (Å²) in [6.07, 6.45) is 19.9. The first kappa shape index (κ1) is 20.7. The zero-order valence-corrected chi connectivity index (χ0v) is 14.8. The predicted octanol–water partition coefficient (Wildman–Crippen LogP) is 4.40. The lowest BCUT2D eigenvalue weighted by Crippen LogP contribution is -2.13. The summed E-state index contributed by atoms with van der Waals surface area (Å²) in [5.74, 6) is -0.780. The highest BCUT2D eigenvalue weighted by atomic mass is 16.6. The first-order valence-corrected chi connectivity index (χ1v) is 9.17. The Labute approximate surface area is 145 Å². The number of epoxide rings is 1. The minimum Gasteiger partial charge on any atom is -0.481 e. The molecule has 4 nitrogen and oxygen atoms in total. The third-order valence-electron chi connectivity index (χ3n) is 4.00. The molecule has 0 aromatic heterocycles. The number of carboxylic acid groups (broad SMARTS) is 1. The van der Waals surface area contributed by atoms with Gasteiger partial charge in [-0.2, -0.15) is 0 Å². The fourth-order valence-electron chi connectivity index (χ4n) is 2.49. The molecular formula is C20H32O4. The molecule has 1 aliphatic rings. The van der Waals surface area contributed by atoms with Crippen molar-refractivity contribution in [1.29, 1.82) is 0 Å². The van der Waals surface area contributed by atoms with Gasteiger partial charge in [-0.15, -0.1) is 0 Å². The van der Waals surface area contributed by atoms with Crippen molar-refractivity contribution in [2.45, 2.75) is 83.0 Å². The smallest absolute Gasteiger partial charge is 0.303 e. The lowest BCUT2D eigenvalue weighted by molar-refractivity contribution is -0.137. The SMILES string of the molecule is CCCCC/C=C\C/C=C\C[C@@H]1O[C@H]1[C@@H](O)/C=C\CCCC(=O)O. The Bertz CT molecular complexity index is 425. The summed E-state index contributed by atoms with van der Waals surface area (Å²) in [7, 11) is 0. The van der Waals surface area contributed by atoms with Crippen LogP contribution < -0.4 is 0 Å². The molecule has 0 aromatic rings. The molecule has 0 unspecified atom stereocenters. The molecule has 2 N–H and O–H groups in total. The van der Waals surface area contributed by atoms with Crippen molar-refractivity contribution in [2.24, 2.45) is 0 Å². The van der Waals surface area contributed by atoms with Crippen molar-refractivity contribution >= 4 is 5.97 Å². The van der Waals surface area contributed by atoms with Gasteiger partial charge in [0.1, 0.15) is 12.2 Å². The fourth-order valence-corrected chi connectivity index (χ4v) is 2.49. The molecule has 3 atom stereocenters. The van der Waals surface area contributed by atoms with Crippen LogP contribution in [0.2, 0.25) is 0 Å². The van der Waals surface area contributed by atoms with Gasteiger partial charge in [-0.05, 0) is 38.5 Å². The predicted molar refractivity (Wildman–Crippen MR) is 97.0 cm³/mol.